The maximum Gasteiger partial charge on any atom is 0.176 e. The Kier molecular flexibility index (Phi) is 4.37. The van der Waals surface area contributed by atoms with Gasteiger partial charge in [-0.25, -0.2) is 4.68 Å². The lowest BCUT2D eigenvalue weighted by Gasteiger charge is -2.10. The van der Waals surface area contributed by atoms with Gasteiger partial charge in [-0.15, -0.1) is 10.2 Å². The van der Waals surface area contributed by atoms with Crippen LogP contribution in [0.2, 0.25) is 0 Å². The first-order chi connectivity index (χ1) is 11.2. The predicted octanol–water partition coefficient (Wildman–Crippen LogP) is 3.45. The van der Waals surface area contributed by atoms with Crippen LogP contribution in [0.3, 0.4) is 0 Å². The second-order valence-corrected chi connectivity index (χ2v) is 5.59. The van der Waals surface area contributed by atoms with Crippen LogP contribution in [-0.2, 0) is 13.0 Å². The monoisotopic (exact) mass is 307 g/mol. The highest BCUT2D eigenvalue weighted by Crippen LogP contribution is 2.13. The van der Waals surface area contributed by atoms with E-state index in [9.17, 15) is 0 Å². The average Bonchev–Trinajstić information content (AvgIpc) is 2.92. The molecule has 1 aromatic carbocycles. The third kappa shape index (κ3) is 3.39. The summed E-state index contributed by atoms with van der Waals surface area (Å²) in [5, 5.41) is 16.3. The Hall–Kier alpha value is -2.69. The molecular formula is C18H21N5. The number of aromatic nitrogens is 4. The van der Waals surface area contributed by atoms with Gasteiger partial charge in [0.2, 0.25) is 0 Å². The number of benzene rings is 1. The van der Waals surface area contributed by atoms with Crippen LogP contribution in [0.25, 0.3) is 5.82 Å². The molecule has 0 fully saturated rings. The van der Waals surface area contributed by atoms with E-state index in [0.29, 0.717) is 0 Å². The van der Waals surface area contributed by atoms with Gasteiger partial charge in [-0.05, 0) is 49.6 Å². The molecule has 0 amide bonds. The van der Waals surface area contributed by atoms with E-state index in [4.69, 9.17) is 0 Å². The van der Waals surface area contributed by atoms with Crippen LogP contribution in [-0.4, -0.2) is 20.0 Å². The van der Waals surface area contributed by atoms with E-state index in [2.05, 4.69) is 51.8 Å². The molecule has 3 rings (SSSR count). The fourth-order valence-electron chi connectivity index (χ4n) is 2.65. The molecule has 23 heavy (non-hydrogen) atoms. The van der Waals surface area contributed by atoms with E-state index in [1.54, 1.807) is 4.68 Å². The number of hydrogen-bond acceptors (Lipinski definition) is 4. The van der Waals surface area contributed by atoms with Crippen LogP contribution in [0.1, 0.15) is 29.4 Å². The highest BCUT2D eigenvalue weighted by atomic mass is 15.4. The Labute approximate surface area is 136 Å². The fraction of sp³-hybridized carbons (Fsp3) is 0.278. The molecule has 0 spiro atoms. The summed E-state index contributed by atoms with van der Waals surface area (Å²) < 4.78 is 1.80. The smallest absolute Gasteiger partial charge is 0.176 e. The van der Waals surface area contributed by atoms with Crippen molar-refractivity contribution in [3.63, 3.8) is 0 Å². The Morgan fingerprint density at radius 1 is 1.00 bits per heavy atom. The van der Waals surface area contributed by atoms with Crippen molar-refractivity contribution in [2.24, 2.45) is 0 Å². The Bertz CT molecular complexity index is 789. The van der Waals surface area contributed by atoms with Gasteiger partial charge in [0.05, 0.1) is 5.69 Å². The van der Waals surface area contributed by atoms with Crippen molar-refractivity contribution in [2.45, 2.75) is 33.7 Å². The number of anilines is 1. The van der Waals surface area contributed by atoms with E-state index < -0.39 is 0 Å². The van der Waals surface area contributed by atoms with Gasteiger partial charge in [-0.3, -0.25) is 0 Å². The standard InChI is InChI=1S/C18H21N5/c1-4-15-7-5-6-8-16(15)12-19-17-9-10-18(21-20-17)23-14(3)11-13(2)22-23/h5-11H,4,12H2,1-3H3,(H,19,20). The van der Waals surface area contributed by atoms with Gasteiger partial charge >= 0.3 is 0 Å². The number of hydrogen-bond donors (Lipinski definition) is 1. The molecule has 0 saturated heterocycles. The Morgan fingerprint density at radius 2 is 1.78 bits per heavy atom. The molecular weight excluding hydrogens is 286 g/mol. The van der Waals surface area contributed by atoms with Gasteiger partial charge in [0.1, 0.15) is 5.82 Å². The van der Waals surface area contributed by atoms with Crippen LogP contribution in [0.5, 0.6) is 0 Å². The molecule has 2 aromatic heterocycles. The summed E-state index contributed by atoms with van der Waals surface area (Å²) in [5.41, 5.74) is 4.67. The van der Waals surface area contributed by atoms with Crippen molar-refractivity contribution >= 4 is 5.82 Å². The molecule has 0 atom stereocenters. The van der Waals surface area contributed by atoms with Crippen LogP contribution in [0.4, 0.5) is 5.82 Å². The minimum atomic E-state index is 0.732. The average molecular weight is 307 g/mol. The van der Waals surface area contributed by atoms with Crippen molar-refractivity contribution in [1.29, 1.82) is 0 Å². The molecule has 2 heterocycles. The van der Waals surface area contributed by atoms with Crippen LogP contribution in [0, 0.1) is 13.8 Å². The van der Waals surface area contributed by atoms with Gasteiger partial charge in [-0.2, -0.15) is 5.10 Å². The third-order valence-corrected chi connectivity index (χ3v) is 3.84. The molecule has 0 bridgehead atoms. The molecule has 0 aliphatic heterocycles. The summed E-state index contributed by atoms with van der Waals surface area (Å²) in [4.78, 5) is 0. The third-order valence-electron chi connectivity index (χ3n) is 3.84. The minimum Gasteiger partial charge on any atom is -0.364 e. The van der Waals surface area contributed by atoms with Crippen LogP contribution < -0.4 is 5.32 Å². The highest BCUT2D eigenvalue weighted by molar-refractivity contribution is 5.39. The van der Waals surface area contributed by atoms with Crippen LogP contribution >= 0.6 is 0 Å². The molecule has 0 aliphatic carbocycles. The highest BCUT2D eigenvalue weighted by Gasteiger charge is 2.06. The summed E-state index contributed by atoms with van der Waals surface area (Å²) in [7, 11) is 0. The summed E-state index contributed by atoms with van der Waals surface area (Å²) >= 11 is 0. The second kappa shape index (κ2) is 6.60. The maximum atomic E-state index is 4.42. The normalized spacial score (nSPS) is 10.7. The zero-order valence-corrected chi connectivity index (χ0v) is 13.7. The maximum absolute atomic E-state index is 4.42. The van der Waals surface area contributed by atoms with Crippen LogP contribution in [0.15, 0.2) is 42.5 Å². The number of aryl methyl sites for hydroxylation is 3. The zero-order valence-electron chi connectivity index (χ0n) is 13.7. The molecule has 1 N–H and O–H groups in total. The molecule has 0 saturated carbocycles. The van der Waals surface area contributed by atoms with Gasteiger partial charge in [0, 0.05) is 12.2 Å². The van der Waals surface area contributed by atoms with E-state index in [-0.39, 0.29) is 0 Å². The van der Waals surface area contributed by atoms with Gasteiger partial charge in [0.25, 0.3) is 0 Å². The van der Waals surface area contributed by atoms with E-state index in [0.717, 1.165) is 36.0 Å². The van der Waals surface area contributed by atoms with Gasteiger partial charge in [-0.1, -0.05) is 31.2 Å². The number of nitrogens with one attached hydrogen (secondary N) is 1. The summed E-state index contributed by atoms with van der Waals surface area (Å²) in [5.74, 6) is 1.50. The van der Waals surface area contributed by atoms with Gasteiger partial charge < -0.3 is 5.32 Å². The number of rotatable bonds is 5. The molecule has 3 aromatic rings. The van der Waals surface area contributed by atoms with Crippen molar-refractivity contribution < 1.29 is 0 Å². The van der Waals surface area contributed by atoms with E-state index in [1.807, 2.05) is 32.0 Å². The number of nitrogens with zero attached hydrogens (tertiary/aromatic N) is 4. The zero-order chi connectivity index (χ0) is 16.2. The molecule has 0 unspecified atom stereocenters. The fourth-order valence-corrected chi connectivity index (χ4v) is 2.65. The first-order valence-corrected chi connectivity index (χ1v) is 7.85. The van der Waals surface area contributed by atoms with E-state index >= 15 is 0 Å². The topological polar surface area (TPSA) is 55.6 Å². The quantitative estimate of drug-likeness (QED) is 0.784. The molecule has 0 radical (unpaired) electrons. The molecule has 0 aliphatic rings. The van der Waals surface area contributed by atoms with Crippen molar-refractivity contribution in [2.75, 3.05) is 5.32 Å². The van der Waals surface area contributed by atoms with Crippen molar-refractivity contribution in [3.05, 3.63) is 65.0 Å². The summed E-state index contributed by atoms with van der Waals surface area (Å²) in [6, 6.07) is 14.3. The summed E-state index contributed by atoms with van der Waals surface area (Å²) in [6.45, 7) is 6.90. The molecule has 118 valence electrons. The predicted molar refractivity (Wildman–Crippen MR) is 91.8 cm³/mol. The van der Waals surface area contributed by atoms with Crippen molar-refractivity contribution in [3.8, 4) is 5.82 Å². The van der Waals surface area contributed by atoms with E-state index in [1.165, 1.54) is 11.1 Å². The summed E-state index contributed by atoms with van der Waals surface area (Å²) in [6.07, 6.45) is 1.03. The molecule has 5 nitrogen and oxygen atoms in total. The lowest BCUT2D eigenvalue weighted by molar-refractivity contribution is 0.781. The van der Waals surface area contributed by atoms with Crippen molar-refractivity contribution in [1.82, 2.24) is 20.0 Å². The minimum absolute atomic E-state index is 0.732. The SMILES string of the molecule is CCc1ccccc1CNc1ccc(-n2nc(C)cc2C)nn1. The van der Waals surface area contributed by atoms with Gasteiger partial charge in [0.15, 0.2) is 5.82 Å². The second-order valence-electron chi connectivity index (χ2n) is 5.59. The first kappa shape index (κ1) is 15.2. The molecule has 5 heteroatoms. The first-order valence-electron chi connectivity index (χ1n) is 7.85. The Morgan fingerprint density at radius 3 is 2.39 bits per heavy atom. The largest absolute Gasteiger partial charge is 0.364 e. The Balaban J connectivity index is 1.72. The lowest BCUT2D eigenvalue weighted by atomic mass is 10.1. The lowest BCUT2D eigenvalue weighted by Crippen LogP contribution is -2.07.